The molecule has 2 amide bonds. The number of nitrogens with zero attached hydrogens (tertiary/aromatic N) is 4. The van der Waals surface area contributed by atoms with Gasteiger partial charge in [0.1, 0.15) is 0 Å². The predicted molar refractivity (Wildman–Crippen MR) is 121 cm³/mol. The zero-order valence-electron chi connectivity index (χ0n) is 18.8. The minimum absolute atomic E-state index is 0.0390. The van der Waals surface area contributed by atoms with E-state index in [4.69, 9.17) is 4.52 Å². The molecule has 0 aliphatic carbocycles. The molecule has 3 aromatic rings. The smallest absolute Gasteiger partial charge is 0.259 e. The van der Waals surface area contributed by atoms with Gasteiger partial charge in [-0.25, -0.2) is 4.98 Å². The zero-order chi connectivity index (χ0) is 22.7. The van der Waals surface area contributed by atoms with Gasteiger partial charge in [-0.15, -0.1) is 0 Å². The Labute approximate surface area is 187 Å². The first-order valence-electron chi connectivity index (χ1n) is 11.0. The van der Waals surface area contributed by atoms with Crippen LogP contribution in [0.1, 0.15) is 47.1 Å². The van der Waals surface area contributed by atoms with Gasteiger partial charge in [-0.2, -0.15) is 0 Å². The van der Waals surface area contributed by atoms with Gasteiger partial charge in [-0.3, -0.25) is 14.5 Å². The predicted octanol–water partition coefficient (Wildman–Crippen LogP) is 2.73. The molecule has 1 aliphatic rings. The van der Waals surface area contributed by atoms with Gasteiger partial charge in [0, 0.05) is 38.4 Å². The fourth-order valence-electron chi connectivity index (χ4n) is 4.03. The van der Waals surface area contributed by atoms with Crippen LogP contribution in [0.4, 0.5) is 0 Å². The third kappa shape index (κ3) is 4.80. The number of nitrogens with one attached hydrogen (secondary N) is 1. The van der Waals surface area contributed by atoms with Crippen molar-refractivity contribution in [3.8, 4) is 0 Å². The maximum absolute atomic E-state index is 12.9. The highest BCUT2D eigenvalue weighted by molar-refractivity contribution is 6.07. The quantitative estimate of drug-likeness (QED) is 0.640. The molecule has 1 aromatic carbocycles. The van der Waals surface area contributed by atoms with E-state index in [0.29, 0.717) is 41.1 Å². The van der Waals surface area contributed by atoms with Crippen LogP contribution in [0.5, 0.6) is 0 Å². The lowest BCUT2D eigenvalue weighted by Gasteiger charge is -2.34. The number of rotatable bonds is 6. The van der Waals surface area contributed by atoms with Crippen molar-refractivity contribution in [1.82, 2.24) is 25.3 Å². The normalized spacial score (nSPS) is 14.8. The fraction of sp³-hybridized carbons (Fsp3) is 0.417. The van der Waals surface area contributed by atoms with Crippen LogP contribution in [-0.4, -0.2) is 64.5 Å². The van der Waals surface area contributed by atoms with Gasteiger partial charge in [-0.05, 0) is 24.5 Å². The van der Waals surface area contributed by atoms with E-state index >= 15 is 0 Å². The summed E-state index contributed by atoms with van der Waals surface area (Å²) in [5.41, 5.74) is 3.42. The molecule has 1 aliphatic heterocycles. The van der Waals surface area contributed by atoms with Crippen LogP contribution in [-0.2, 0) is 11.3 Å². The van der Waals surface area contributed by atoms with Crippen molar-refractivity contribution < 1.29 is 14.1 Å². The Morgan fingerprint density at radius 2 is 1.84 bits per heavy atom. The molecule has 1 saturated heterocycles. The molecule has 3 heterocycles. The number of hydrogen-bond donors (Lipinski definition) is 1. The first-order chi connectivity index (χ1) is 15.4. The Kier molecular flexibility index (Phi) is 6.50. The summed E-state index contributed by atoms with van der Waals surface area (Å²) in [6.45, 7) is 9.56. The Bertz CT molecular complexity index is 1100. The Morgan fingerprint density at radius 1 is 1.12 bits per heavy atom. The standard InChI is InChI=1S/C24H29N5O3/c1-16(2)22-21-19(13-17(3)26-24(21)32-27-22)23(31)25-14-20(30)29-11-9-28(10-12-29)15-18-7-5-4-6-8-18/h4-8,13,16H,9-12,14-15H2,1-3H3,(H,25,31). The number of aryl methyl sites for hydroxylation is 1. The maximum atomic E-state index is 12.9. The summed E-state index contributed by atoms with van der Waals surface area (Å²) in [6, 6.07) is 12.0. The lowest BCUT2D eigenvalue weighted by atomic mass is 10.0. The average Bonchev–Trinajstić information content (AvgIpc) is 3.22. The molecule has 0 radical (unpaired) electrons. The molecular formula is C24H29N5O3. The Balaban J connectivity index is 1.35. The van der Waals surface area contributed by atoms with Crippen molar-refractivity contribution in [3.63, 3.8) is 0 Å². The molecule has 8 heteroatoms. The van der Waals surface area contributed by atoms with E-state index < -0.39 is 0 Å². The number of fused-ring (bicyclic) bond motifs is 1. The molecule has 8 nitrogen and oxygen atoms in total. The van der Waals surface area contributed by atoms with Gasteiger partial charge in [0.05, 0.1) is 23.2 Å². The highest BCUT2D eigenvalue weighted by Gasteiger charge is 2.24. The van der Waals surface area contributed by atoms with Gasteiger partial charge < -0.3 is 14.7 Å². The van der Waals surface area contributed by atoms with Crippen LogP contribution in [0, 0.1) is 6.92 Å². The third-order valence-electron chi connectivity index (χ3n) is 5.77. The molecule has 32 heavy (non-hydrogen) atoms. The lowest BCUT2D eigenvalue weighted by Crippen LogP contribution is -2.50. The van der Waals surface area contributed by atoms with E-state index in [0.717, 1.165) is 19.6 Å². The second kappa shape index (κ2) is 9.48. The monoisotopic (exact) mass is 435 g/mol. The van der Waals surface area contributed by atoms with Crippen molar-refractivity contribution in [2.45, 2.75) is 33.2 Å². The second-order valence-corrected chi connectivity index (χ2v) is 8.54. The van der Waals surface area contributed by atoms with E-state index in [2.05, 4.69) is 32.5 Å². The fourth-order valence-corrected chi connectivity index (χ4v) is 4.03. The van der Waals surface area contributed by atoms with E-state index in [1.54, 1.807) is 13.0 Å². The maximum Gasteiger partial charge on any atom is 0.259 e. The summed E-state index contributed by atoms with van der Waals surface area (Å²) in [5.74, 6) is -0.308. The topological polar surface area (TPSA) is 91.6 Å². The average molecular weight is 436 g/mol. The van der Waals surface area contributed by atoms with Crippen LogP contribution in [0.25, 0.3) is 11.1 Å². The minimum Gasteiger partial charge on any atom is -0.343 e. The van der Waals surface area contributed by atoms with E-state index in [-0.39, 0.29) is 24.3 Å². The number of aromatic nitrogens is 2. The lowest BCUT2D eigenvalue weighted by molar-refractivity contribution is -0.131. The minimum atomic E-state index is -0.318. The molecule has 1 N–H and O–H groups in total. The van der Waals surface area contributed by atoms with E-state index in [1.807, 2.05) is 36.9 Å². The van der Waals surface area contributed by atoms with Crippen LogP contribution in [0.3, 0.4) is 0 Å². The van der Waals surface area contributed by atoms with Crippen molar-refractivity contribution in [1.29, 1.82) is 0 Å². The Hall–Kier alpha value is -3.26. The van der Waals surface area contributed by atoms with Gasteiger partial charge >= 0.3 is 0 Å². The molecule has 168 valence electrons. The number of piperazine rings is 1. The summed E-state index contributed by atoms with van der Waals surface area (Å²) in [7, 11) is 0. The van der Waals surface area contributed by atoms with Crippen molar-refractivity contribution in [2.75, 3.05) is 32.7 Å². The zero-order valence-corrected chi connectivity index (χ0v) is 18.8. The number of benzene rings is 1. The molecule has 0 unspecified atom stereocenters. The van der Waals surface area contributed by atoms with Gasteiger partial charge in [-0.1, -0.05) is 49.3 Å². The molecule has 0 saturated carbocycles. The molecular weight excluding hydrogens is 406 g/mol. The number of amides is 2. The van der Waals surface area contributed by atoms with Gasteiger partial charge in [0.15, 0.2) is 0 Å². The summed E-state index contributed by atoms with van der Waals surface area (Å²) in [5, 5.41) is 7.48. The van der Waals surface area contributed by atoms with E-state index in [9.17, 15) is 9.59 Å². The third-order valence-corrected chi connectivity index (χ3v) is 5.77. The van der Waals surface area contributed by atoms with Crippen LogP contribution < -0.4 is 5.32 Å². The number of carbonyl (C=O) groups is 2. The van der Waals surface area contributed by atoms with Crippen molar-refractivity contribution in [2.24, 2.45) is 0 Å². The number of hydrogen-bond acceptors (Lipinski definition) is 6. The highest BCUT2D eigenvalue weighted by Crippen LogP contribution is 2.27. The molecule has 0 spiro atoms. The number of pyridine rings is 1. The van der Waals surface area contributed by atoms with E-state index in [1.165, 1.54) is 5.56 Å². The highest BCUT2D eigenvalue weighted by atomic mass is 16.5. The second-order valence-electron chi connectivity index (χ2n) is 8.54. The summed E-state index contributed by atoms with van der Waals surface area (Å²) in [4.78, 5) is 34.1. The van der Waals surface area contributed by atoms with Gasteiger partial charge in [0.25, 0.3) is 11.6 Å². The van der Waals surface area contributed by atoms with Crippen LogP contribution in [0.2, 0.25) is 0 Å². The molecule has 0 atom stereocenters. The first-order valence-corrected chi connectivity index (χ1v) is 11.0. The summed E-state index contributed by atoms with van der Waals surface area (Å²) in [6.07, 6.45) is 0. The largest absolute Gasteiger partial charge is 0.343 e. The molecule has 4 rings (SSSR count). The summed E-state index contributed by atoms with van der Waals surface area (Å²) >= 11 is 0. The first kappa shape index (κ1) is 22.0. The van der Waals surface area contributed by atoms with Crippen molar-refractivity contribution >= 4 is 22.9 Å². The summed E-state index contributed by atoms with van der Waals surface area (Å²) < 4.78 is 5.33. The SMILES string of the molecule is Cc1cc(C(=O)NCC(=O)N2CCN(Cc3ccccc3)CC2)c2c(C(C)C)noc2n1. The number of carbonyl (C=O) groups excluding carboxylic acids is 2. The van der Waals surface area contributed by atoms with Crippen molar-refractivity contribution in [3.05, 3.63) is 58.9 Å². The molecule has 2 aromatic heterocycles. The Morgan fingerprint density at radius 3 is 2.53 bits per heavy atom. The van der Waals surface area contributed by atoms with Crippen LogP contribution in [0.15, 0.2) is 40.9 Å². The molecule has 0 bridgehead atoms. The van der Waals surface area contributed by atoms with Gasteiger partial charge in [0.2, 0.25) is 5.91 Å². The van der Waals surface area contributed by atoms with Crippen LogP contribution >= 0.6 is 0 Å². The molecule has 1 fully saturated rings.